The van der Waals surface area contributed by atoms with Crippen LogP contribution >= 0.6 is 0 Å². The van der Waals surface area contributed by atoms with E-state index in [0.717, 1.165) is 32.4 Å². The fraction of sp³-hybridized carbons (Fsp3) is 1.00. The second-order valence-electron chi connectivity index (χ2n) is 3.52. The van der Waals surface area contributed by atoms with E-state index in [1.807, 2.05) is 0 Å². The maximum absolute atomic E-state index is 10.1. The van der Waals surface area contributed by atoms with Crippen molar-refractivity contribution in [2.75, 3.05) is 13.1 Å². The molecule has 1 heterocycles. The molecule has 1 aliphatic rings. The molecule has 0 spiro atoms. The van der Waals surface area contributed by atoms with Gasteiger partial charge in [0.1, 0.15) is 0 Å². The number of rotatable bonds is 2. The Bertz CT molecular complexity index is 127. The molecular weight excluding hydrogens is 138 g/mol. The molecule has 2 nitrogen and oxygen atoms in total. The summed E-state index contributed by atoms with van der Waals surface area (Å²) in [6.45, 7) is 6.19. The molecule has 0 aromatic rings. The van der Waals surface area contributed by atoms with Gasteiger partial charge in [0.15, 0.2) is 0 Å². The predicted molar refractivity (Wildman–Crippen MR) is 46.5 cm³/mol. The van der Waals surface area contributed by atoms with Crippen molar-refractivity contribution < 1.29 is 5.11 Å². The summed E-state index contributed by atoms with van der Waals surface area (Å²) in [7, 11) is 0. The van der Waals surface area contributed by atoms with E-state index in [-0.39, 0.29) is 5.60 Å². The zero-order valence-electron chi connectivity index (χ0n) is 7.56. The van der Waals surface area contributed by atoms with E-state index < -0.39 is 0 Å². The standard InChI is InChI=1S/C9H19NO/c1-3-8-7-10-6-5-9(8,11)4-2/h8,10-11H,3-7H2,1-2H3. The molecule has 0 aromatic heterocycles. The molecule has 66 valence electrons. The summed E-state index contributed by atoms with van der Waals surface area (Å²) in [5.74, 6) is 0.459. The average Bonchev–Trinajstić information content (AvgIpc) is 2.05. The minimum absolute atomic E-state index is 0.375. The van der Waals surface area contributed by atoms with Gasteiger partial charge >= 0.3 is 0 Å². The maximum Gasteiger partial charge on any atom is 0.0697 e. The van der Waals surface area contributed by atoms with Crippen LogP contribution in [0, 0.1) is 5.92 Å². The molecule has 0 amide bonds. The first kappa shape index (κ1) is 9.01. The van der Waals surface area contributed by atoms with Crippen molar-refractivity contribution in [3.8, 4) is 0 Å². The van der Waals surface area contributed by atoms with Crippen LogP contribution in [-0.2, 0) is 0 Å². The summed E-state index contributed by atoms with van der Waals surface area (Å²) in [5.41, 5.74) is -0.375. The molecule has 2 N–H and O–H groups in total. The summed E-state index contributed by atoms with van der Waals surface area (Å²) in [4.78, 5) is 0. The summed E-state index contributed by atoms with van der Waals surface area (Å²) in [6, 6.07) is 0. The number of nitrogens with one attached hydrogen (secondary N) is 1. The van der Waals surface area contributed by atoms with Gasteiger partial charge in [-0.3, -0.25) is 0 Å². The highest BCUT2D eigenvalue weighted by Gasteiger charge is 2.35. The summed E-state index contributed by atoms with van der Waals surface area (Å²) in [5, 5.41) is 13.4. The van der Waals surface area contributed by atoms with E-state index >= 15 is 0 Å². The molecule has 1 fully saturated rings. The van der Waals surface area contributed by atoms with Crippen molar-refractivity contribution in [2.24, 2.45) is 5.92 Å². The molecule has 2 atom stereocenters. The summed E-state index contributed by atoms with van der Waals surface area (Å²) < 4.78 is 0. The van der Waals surface area contributed by atoms with Crippen LogP contribution in [0.1, 0.15) is 33.1 Å². The highest BCUT2D eigenvalue weighted by atomic mass is 16.3. The Hall–Kier alpha value is -0.0800. The first-order chi connectivity index (χ1) is 5.23. The predicted octanol–water partition coefficient (Wildman–Crippen LogP) is 1.15. The molecule has 2 unspecified atom stereocenters. The summed E-state index contributed by atoms with van der Waals surface area (Å²) in [6.07, 6.45) is 2.90. The second kappa shape index (κ2) is 3.55. The third-order valence-corrected chi connectivity index (χ3v) is 2.99. The zero-order chi connectivity index (χ0) is 8.32. The smallest absolute Gasteiger partial charge is 0.0697 e. The first-order valence-corrected chi connectivity index (χ1v) is 4.66. The molecule has 1 aliphatic heterocycles. The Morgan fingerprint density at radius 2 is 2.27 bits per heavy atom. The SMILES string of the molecule is CCC1CNCCC1(O)CC. The van der Waals surface area contributed by atoms with Gasteiger partial charge in [0, 0.05) is 6.54 Å². The van der Waals surface area contributed by atoms with Crippen LogP contribution in [-0.4, -0.2) is 23.8 Å². The number of piperidine rings is 1. The normalized spacial score (nSPS) is 39.0. The molecule has 0 radical (unpaired) electrons. The van der Waals surface area contributed by atoms with Crippen molar-refractivity contribution in [3.05, 3.63) is 0 Å². The van der Waals surface area contributed by atoms with Crippen molar-refractivity contribution in [2.45, 2.75) is 38.7 Å². The third kappa shape index (κ3) is 1.74. The molecule has 11 heavy (non-hydrogen) atoms. The zero-order valence-corrected chi connectivity index (χ0v) is 7.56. The Labute approximate surface area is 69.0 Å². The van der Waals surface area contributed by atoms with Crippen LogP contribution in [0.4, 0.5) is 0 Å². The first-order valence-electron chi connectivity index (χ1n) is 4.66. The van der Waals surface area contributed by atoms with Gasteiger partial charge in [-0.2, -0.15) is 0 Å². The lowest BCUT2D eigenvalue weighted by Gasteiger charge is -2.39. The van der Waals surface area contributed by atoms with Gasteiger partial charge in [0.05, 0.1) is 5.60 Å². The van der Waals surface area contributed by atoms with Crippen LogP contribution in [0.3, 0.4) is 0 Å². The molecular formula is C9H19NO. The number of aliphatic hydroxyl groups is 1. The highest BCUT2D eigenvalue weighted by molar-refractivity contribution is 4.89. The fourth-order valence-electron chi connectivity index (χ4n) is 1.96. The average molecular weight is 157 g/mol. The van der Waals surface area contributed by atoms with Gasteiger partial charge in [0.25, 0.3) is 0 Å². The van der Waals surface area contributed by atoms with E-state index in [1.165, 1.54) is 0 Å². The molecule has 1 saturated heterocycles. The van der Waals surface area contributed by atoms with Crippen LogP contribution in [0.2, 0.25) is 0 Å². The Morgan fingerprint density at radius 1 is 1.55 bits per heavy atom. The van der Waals surface area contributed by atoms with Gasteiger partial charge in [0.2, 0.25) is 0 Å². The van der Waals surface area contributed by atoms with Gasteiger partial charge < -0.3 is 10.4 Å². The number of hydrogen-bond donors (Lipinski definition) is 2. The van der Waals surface area contributed by atoms with Crippen LogP contribution in [0.5, 0.6) is 0 Å². The quantitative estimate of drug-likeness (QED) is 0.630. The third-order valence-electron chi connectivity index (χ3n) is 2.99. The molecule has 1 rings (SSSR count). The van der Waals surface area contributed by atoms with Crippen molar-refractivity contribution in [3.63, 3.8) is 0 Å². The van der Waals surface area contributed by atoms with E-state index in [9.17, 15) is 5.11 Å². The monoisotopic (exact) mass is 157 g/mol. The molecule has 0 saturated carbocycles. The van der Waals surface area contributed by atoms with Crippen molar-refractivity contribution in [1.82, 2.24) is 5.32 Å². The minimum atomic E-state index is -0.375. The minimum Gasteiger partial charge on any atom is -0.390 e. The van der Waals surface area contributed by atoms with Gasteiger partial charge in [-0.25, -0.2) is 0 Å². The van der Waals surface area contributed by atoms with Crippen LogP contribution in [0.25, 0.3) is 0 Å². The molecule has 0 aromatic carbocycles. The van der Waals surface area contributed by atoms with Gasteiger partial charge in [-0.15, -0.1) is 0 Å². The van der Waals surface area contributed by atoms with E-state index in [1.54, 1.807) is 0 Å². The lowest BCUT2D eigenvalue weighted by atomic mass is 9.78. The number of hydrogen-bond acceptors (Lipinski definition) is 2. The molecule has 2 heteroatoms. The van der Waals surface area contributed by atoms with Gasteiger partial charge in [-0.05, 0) is 31.7 Å². The lowest BCUT2D eigenvalue weighted by Crippen LogP contribution is -2.49. The van der Waals surface area contributed by atoms with E-state index in [0.29, 0.717) is 5.92 Å². The fourth-order valence-corrected chi connectivity index (χ4v) is 1.96. The van der Waals surface area contributed by atoms with E-state index in [2.05, 4.69) is 19.2 Å². The van der Waals surface area contributed by atoms with Crippen molar-refractivity contribution in [1.29, 1.82) is 0 Å². The van der Waals surface area contributed by atoms with Crippen LogP contribution in [0.15, 0.2) is 0 Å². The van der Waals surface area contributed by atoms with E-state index in [4.69, 9.17) is 0 Å². The lowest BCUT2D eigenvalue weighted by molar-refractivity contribution is -0.0448. The van der Waals surface area contributed by atoms with Crippen LogP contribution < -0.4 is 5.32 Å². The Kier molecular flexibility index (Phi) is 2.90. The topological polar surface area (TPSA) is 32.3 Å². The Balaban J connectivity index is 2.57. The second-order valence-corrected chi connectivity index (χ2v) is 3.52. The highest BCUT2D eigenvalue weighted by Crippen LogP contribution is 2.29. The largest absolute Gasteiger partial charge is 0.390 e. The summed E-state index contributed by atoms with van der Waals surface area (Å²) >= 11 is 0. The Morgan fingerprint density at radius 3 is 2.73 bits per heavy atom. The van der Waals surface area contributed by atoms with Crippen molar-refractivity contribution >= 4 is 0 Å². The molecule has 0 aliphatic carbocycles. The molecule has 0 bridgehead atoms. The maximum atomic E-state index is 10.1. The van der Waals surface area contributed by atoms with Gasteiger partial charge in [-0.1, -0.05) is 13.8 Å².